The summed E-state index contributed by atoms with van der Waals surface area (Å²) >= 11 is 0. The van der Waals surface area contributed by atoms with Crippen molar-refractivity contribution in [2.24, 2.45) is 5.92 Å². The third-order valence-electron chi connectivity index (χ3n) is 6.32. The van der Waals surface area contributed by atoms with Gasteiger partial charge in [-0.25, -0.2) is 4.98 Å². The first-order valence-electron chi connectivity index (χ1n) is 10.1. The van der Waals surface area contributed by atoms with Crippen molar-refractivity contribution in [1.82, 2.24) is 29.6 Å². The van der Waals surface area contributed by atoms with E-state index in [1.807, 2.05) is 45.9 Å². The third-order valence-corrected chi connectivity index (χ3v) is 6.32. The zero-order chi connectivity index (χ0) is 20.2. The van der Waals surface area contributed by atoms with Crippen LogP contribution in [0.5, 0.6) is 0 Å². The van der Waals surface area contributed by atoms with E-state index in [0.29, 0.717) is 36.7 Å². The molecule has 2 N–H and O–H groups in total. The molecule has 1 fully saturated rings. The van der Waals surface area contributed by atoms with Gasteiger partial charge in [-0.1, -0.05) is 18.2 Å². The lowest BCUT2D eigenvalue weighted by atomic mass is 9.82. The number of pyridine rings is 1. The van der Waals surface area contributed by atoms with E-state index in [2.05, 4.69) is 20.2 Å². The Hall–Kier alpha value is -3.68. The van der Waals surface area contributed by atoms with Crippen molar-refractivity contribution in [1.29, 1.82) is 0 Å². The summed E-state index contributed by atoms with van der Waals surface area (Å²) in [6, 6.07) is 11.5. The minimum absolute atomic E-state index is 0.0183. The molecule has 8 heteroatoms. The number of carbonyl (C=O) groups is 1. The van der Waals surface area contributed by atoms with Crippen LogP contribution in [0.3, 0.4) is 0 Å². The first-order chi connectivity index (χ1) is 14.7. The number of para-hydroxylation sites is 1. The number of carbonyl (C=O) groups excluding carboxylic acids is 1. The zero-order valence-electron chi connectivity index (χ0n) is 16.2. The number of nitrogens with zero attached hydrogens (tertiary/aromatic N) is 4. The highest BCUT2D eigenvalue weighted by Gasteiger charge is 2.37. The van der Waals surface area contributed by atoms with E-state index in [9.17, 15) is 9.59 Å². The summed E-state index contributed by atoms with van der Waals surface area (Å²) in [5.74, 6) is 0.929. The molecule has 30 heavy (non-hydrogen) atoms. The smallest absolute Gasteiger partial charge is 0.275 e. The number of aromatic amines is 2. The van der Waals surface area contributed by atoms with E-state index < -0.39 is 0 Å². The highest BCUT2D eigenvalue weighted by atomic mass is 16.2. The minimum Gasteiger partial charge on any atom is -0.344 e. The average Bonchev–Trinajstić information content (AvgIpc) is 3.44. The Morgan fingerprint density at radius 2 is 2.00 bits per heavy atom. The molecule has 0 aliphatic carbocycles. The van der Waals surface area contributed by atoms with Gasteiger partial charge in [0.15, 0.2) is 5.69 Å². The maximum Gasteiger partial charge on any atom is 0.275 e. The lowest BCUT2D eigenvalue weighted by Gasteiger charge is -2.42. The molecule has 3 aromatic heterocycles. The monoisotopic (exact) mass is 400 g/mol. The zero-order valence-corrected chi connectivity index (χ0v) is 16.2. The van der Waals surface area contributed by atoms with Crippen LogP contribution >= 0.6 is 0 Å². The van der Waals surface area contributed by atoms with Gasteiger partial charge in [0.2, 0.25) is 0 Å². The van der Waals surface area contributed by atoms with E-state index in [1.54, 1.807) is 12.4 Å². The van der Waals surface area contributed by atoms with Crippen molar-refractivity contribution in [3.63, 3.8) is 0 Å². The van der Waals surface area contributed by atoms with Gasteiger partial charge in [-0.05, 0) is 30.5 Å². The lowest BCUT2D eigenvalue weighted by molar-refractivity contribution is 0.0590. The number of fused-ring (bicyclic) bond motifs is 5. The minimum atomic E-state index is -0.0508. The van der Waals surface area contributed by atoms with Gasteiger partial charge in [0.05, 0.1) is 11.1 Å². The first kappa shape index (κ1) is 17.2. The number of nitrogens with one attached hydrogen (secondary N) is 2. The molecule has 0 unspecified atom stereocenters. The van der Waals surface area contributed by atoms with Crippen LogP contribution < -0.4 is 5.56 Å². The Kier molecular flexibility index (Phi) is 3.68. The van der Waals surface area contributed by atoms with E-state index >= 15 is 0 Å². The predicted octanol–water partition coefficient (Wildman–Crippen LogP) is 2.37. The Morgan fingerprint density at radius 1 is 1.10 bits per heavy atom. The molecule has 150 valence electrons. The molecule has 4 aromatic rings. The molecule has 1 amide bonds. The fourth-order valence-electron chi connectivity index (χ4n) is 4.98. The fourth-order valence-corrected chi connectivity index (χ4v) is 4.98. The van der Waals surface area contributed by atoms with Gasteiger partial charge in [0.1, 0.15) is 5.82 Å². The Labute approximate surface area is 171 Å². The molecule has 8 nitrogen and oxygen atoms in total. The molecular weight excluding hydrogens is 380 g/mol. The number of piperidine rings is 1. The van der Waals surface area contributed by atoms with Crippen LogP contribution in [0.1, 0.15) is 28.5 Å². The van der Waals surface area contributed by atoms with Crippen LogP contribution in [-0.2, 0) is 6.54 Å². The van der Waals surface area contributed by atoms with Gasteiger partial charge >= 0.3 is 0 Å². The van der Waals surface area contributed by atoms with E-state index in [0.717, 1.165) is 23.0 Å². The predicted molar refractivity (Wildman–Crippen MR) is 111 cm³/mol. The summed E-state index contributed by atoms with van der Waals surface area (Å²) in [4.78, 5) is 35.5. The number of rotatable bonds is 2. The molecule has 2 atom stereocenters. The fraction of sp³-hybridized carbons (Fsp3) is 0.273. The van der Waals surface area contributed by atoms with Gasteiger partial charge in [-0.3, -0.25) is 14.7 Å². The second-order valence-corrected chi connectivity index (χ2v) is 8.15. The maximum absolute atomic E-state index is 13.3. The van der Waals surface area contributed by atoms with Crippen LogP contribution in [0.4, 0.5) is 0 Å². The highest BCUT2D eigenvalue weighted by molar-refractivity contribution is 6.04. The van der Waals surface area contributed by atoms with Crippen molar-refractivity contribution in [3.05, 3.63) is 70.5 Å². The van der Waals surface area contributed by atoms with Crippen LogP contribution in [-0.4, -0.2) is 48.6 Å². The molecule has 2 aliphatic rings. The molecule has 2 aliphatic heterocycles. The second kappa shape index (κ2) is 6.41. The molecule has 1 saturated heterocycles. The number of likely N-dealkylation sites (tertiary alicyclic amines) is 1. The summed E-state index contributed by atoms with van der Waals surface area (Å²) in [5.41, 5.74) is 2.89. The summed E-state index contributed by atoms with van der Waals surface area (Å²) in [7, 11) is 0. The first-order valence-corrected chi connectivity index (χ1v) is 10.1. The van der Waals surface area contributed by atoms with E-state index in [-0.39, 0.29) is 23.3 Å². The molecule has 0 saturated carbocycles. The largest absolute Gasteiger partial charge is 0.344 e. The van der Waals surface area contributed by atoms with E-state index in [1.165, 1.54) is 0 Å². The molecule has 5 heterocycles. The molecular formula is C22H20N6O2. The van der Waals surface area contributed by atoms with Gasteiger partial charge in [0, 0.05) is 49.0 Å². The van der Waals surface area contributed by atoms with Gasteiger partial charge in [-0.15, -0.1) is 0 Å². The number of H-pyrrole nitrogens is 2. The second-order valence-electron chi connectivity index (χ2n) is 8.15. The molecule has 0 spiro atoms. The summed E-state index contributed by atoms with van der Waals surface area (Å²) in [6.45, 7) is 1.84. The topological polar surface area (TPSA) is 99.7 Å². The number of hydrogen-bond acceptors (Lipinski definition) is 4. The lowest BCUT2D eigenvalue weighted by Crippen LogP contribution is -2.49. The number of amides is 1. The summed E-state index contributed by atoms with van der Waals surface area (Å²) in [6.07, 6.45) is 4.36. The average molecular weight is 400 g/mol. The van der Waals surface area contributed by atoms with Crippen LogP contribution in [0, 0.1) is 5.92 Å². The number of benzene rings is 1. The molecule has 6 rings (SSSR count). The molecule has 2 bridgehead atoms. The number of imidazole rings is 1. The quantitative estimate of drug-likeness (QED) is 0.540. The summed E-state index contributed by atoms with van der Waals surface area (Å²) < 4.78 is 1.88. The normalized spacial score (nSPS) is 20.3. The van der Waals surface area contributed by atoms with E-state index in [4.69, 9.17) is 0 Å². The van der Waals surface area contributed by atoms with Crippen molar-refractivity contribution < 1.29 is 4.79 Å². The highest BCUT2D eigenvalue weighted by Crippen LogP contribution is 2.36. The van der Waals surface area contributed by atoms with Crippen molar-refractivity contribution >= 4 is 16.8 Å². The van der Waals surface area contributed by atoms with Crippen molar-refractivity contribution in [2.45, 2.75) is 18.9 Å². The van der Waals surface area contributed by atoms with Gasteiger partial charge in [0.25, 0.3) is 11.5 Å². The Morgan fingerprint density at radius 3 is 2.87 bits per heavy atom. The Bertz CT molecular complexity index is 1320. The Balaban J connectivity index is 1.34. The standard InChI is InChI=1S/C22H20N6O2/c29-21-16(20-23-7-8-24-20)5-6-18-14-9-13(11-28(18)21)10-27(12-14)22(30)19-15-3-1-2-4-17(15)25-26-19/h1-8,13-14H,9-12H2,(H,23,24)(H,25,26)/t13-,14+/m0/s1. The number of hydrogen-bond donors (Lipinski definition) is 2. The van der Waals surface area contributed by atoms with Gasteiger partial charge in [-0.2, -0.15) is 5.10 Å². The van der Waals surface area contributed by atoms with Crippen LogP contribution in [0.2, 0.25) is 0 Å². The SMILES string of the molecule is O=C(c1n[nH]c2ccccc12)N1C[C@@H]2C[C@H](C1)c1ccc(-c3ncc[nH]3)c(=O)n1C2. The van der Waals surface area contributed by atoms with Gasteiger partial charge < -0.3 is 14.5 Å². The van der Waals surface area contributed by atoms with Crippen molar-refractivity contribution in [2.75, 3.05) is 13.1 Å². The third kappa shape index (κ3) is 2.53. The maximum atomic E-state index is 13.3. The van der Waals surface area contributed by atoms with Crippen LogP contribution in [0.25, 0.3) is 22.3 Å². The van der Waals surface area contributed by atoms with Crippen LogP contribution in [0.15, 0.2) is 53.6 Å². The summed E-state index contributed by atoms with van der Waals surface area (Å²) in [5, 5.41) is 8.08. The molecule has 0 radical (unpaired) electrons. The molecule has 1 aromatic carbocycles. The number of aromatic nitrogens is 5. The van der Waals surface area contributed by atoms with Crippen molar-refractivity contribution in [3.8, 4) is 11.4 Å².